The summed E-state index contributed by atoms with van der Waals surface area (Å²) in [5.41, 5.74) is 0.827. The Kier molecular flexibility index (Phi) is 6.15. The Labute approximate surface area is 151 Å². The summed E-state index contributed by atoms with van der Waals surface area (Å²) in [4.78, 5) is 29.8. The molecule has 2 unspecified atom stereocenters. The maximum absolute atomic E-state index is 13.0. The number of Topliss-reactive ketones (excluding diaryl/α,β-unsaturated/α-hetero) is 1. The Morgan fingerprint density at radius 1 is 1.36 bits per heavy atom. The number of hydrogen-bond donors (Lipinski definition) is 1. The number of thiazole rings is 1. The highest BCUT2D eigenvalue weighted by Gasteiger charge is 2.29. The number of amides is 1. The molecule has 1 amide bonds. The van der Waals surface area contributed by atoms with Crippen LogP contribution in [-0.2, 0) is 9.53 Å². The molecule has 1 saturated heterocycles. The van der Waals surface area contributed by atoms with Crippen LogP contribution < -0.4 is 5.32 Å². The highest BCUT2D eigenvalue weighted by Crippen LogP contribution is 2.23. The number of carbonyl (C=O) groups is 2. The molecule has 1 aromatic heterocycles. The Morgan fingerprint density at radius 2 is 2.20 bits per heavy atom. The third-order valence-corrected chi connectivity index (χ3v) is 5.51. The summed E-state index contributed by atoms with van der Waals surface area (Å²) in [6, 6.07) is 7.19. The first-order chi connectivity index (χ1) is 12.2. The van der Waals surface area contributed by atoms with Crippen molar-refractivity contribution in [1.29, 1.82) is 0 Å². The lowest BCUT2D eigenvalue weighted by Gasteiger charge is -2.18. The average Bonchev–Trinajstić information content (AvgIpc) is 3.29. The molecule has 2 heterocycles. The molecule has 2 aromatic rings. The van der Waals surface area contributed by atoms with E-state index in [1.165, 1.54) is 11.3 Å². The van der Waals surface area contributed by atoms with Gasteiger partial charge in [0, 0.05) is 6.61 Å². The zero-order valence-electron chi connectivity index (χ0n) is 14.5. The molecule has 0 radical (unpaired) electrons. The highest BCUT2D eigenvalue weighted by atomic mass is 32.1. The van der Waals surface area contributed by atoms with E-state index in [2.05, 4.69) is 17.2 Å². The van der Waals surface area contributed by atoms with Gasteiger partial charge in [0.2, 0.25) is 11.7 Å². The molecule has 25 heavy (non-hydrogen) atoms. The summed E-state index contributed by atoms with van der Waals surface area (Å²) in [5.74, 6) is -0.267. The number of fused-ring (bicyclic) bond motifs is 1. The Morgan fingerprint density at radius 3 is 2.92 bits per heavy atom. The molecule has 0 spiro atoms. The normalized spacial score (nSPS) is 18.4. The number of ketones is 1. The fourth-order valence-electron chi connectivity index (χ4n) is 3.04. The number of unbranched alkanes of at least 4 members (excludes halogenated alkanes) is 2. The fourth-order valence-corrected chi connectivity index (χ4v) is 4.00. The summed E-state index contributed by atoms with van der Waals surface area (Å²) >= 11 is 1.39. The first-order valence-corrected chi connectivity index (χ1v) is 9.82. The van der Waals surface area contributed by atoms with E-state index in [1.54, 1.807) is 0 Å². The molecule has 0 aliphatic carbocycles. The lowest BCUT2D eigenvalue weighted by Crippen LogP contribution is -2.45. The van der Waals surface area contributed by atoms with Crippen LogP contribution in [0.15, 0.2) is 24.3 Å². The van der Waals surface area contributed by atoms with Gasteiger partial charge in [0.05, 0.1) is 16.3 Å². The van der Waals surface area contributed by atoms with Gasteiger partial charge in [-0.2, -0.15) is 0 Å². The van der Waals surface area contributed by atoms with Crippen molar-refractivity contribution >= 4 is 33.2 Å². The molecule has 5 nitrogen and oxygen atoms in total. The largest absolute Gasteiger partial charge is 0.368 e. The number of aromatic nitrogens is 1. The van der Waals surface area contributed by atoms with Crippen LogP contribution in [0.3, 0.4) is 0 Å². The minimum absolute atomic E-state index is 0.0938. The third-order valence-electron chi connectivity index (χ3n) is 4.46. The number of nitrogens with one attached hydrogen (secondary N) is 1. The number of carbonyl (C=O) groups excluding carboxylic acids is 2. The maximum atomic E-state index is 13.0. The van der Waals surface area contributed by atoms with Gasteiger partial charge in [-0.05, 0) is 31.4 Å². The van der Waals surface area contributed by atoms with Crippen molar-refractivity contribution in [2.24, 2.45) is 0 Å². The van der Waals surface area contributed by atoms with Crippen LogP contribution in [0.1, 0.15) is 55.3 Å². The monoisotopic (exact) mass is 360 g/mol. The van der Waals surface area contributed by atoms with Crippen LogP contribution in [0.5, 0.6) is 0 Å². The predicted molar refractivity (Wildman–Crippen MR) is 99.0 cm³/mol. The van der Waals surface area contributed by atoms with Crippen LogP contribution in [0.4, 0.5) is 0 Å². The van der Waals surface area contributed by atoms with Gasteiger partial charge >= 0.3 is 0 Å². The minimum Gasteiger partial charge on any atom is -0.368 e. The van der Waals surface area contributed by atoms with Gasteiger partial charge in [0.15, 0.2) is 5.01 Å². The van der Waals surface area contributed by atoms with Gasteiger partial charge in [0.25, 0.3) is 0 Å². The van der Waals surface area contributed by atoms with Gasteiger partial charge in [0.1, 0.15) is 6.10 Å². The smallest absolute Gasteiger partial charge is 0.249 e. The molecule has 0 bridgehead atoms. The van der Waals surface area contributed by atoms with Crippen molar-refractivity contribution in [1.82, 2.24) is 10.3 Å². The molecule has 1 aromatic carbocycles. The maximum Gasteiger partial charge on any atom is 0.249 e. The van der Waals surface area contributed by atoms with Crippen LogP contribution in [0, 0.1) is 0 Å². The number of benzene rings is 1. The van der Waals surface area contributed by atoms with E-state index in [-0.39, 0.29) is 11.7 Å². The minimum atomic E-state index is -0.524. The first-order valence-electron chi connectivity index (χ1n) is 9.01. The quantitative estimate of drug-likeness (QED) is 0.575. The average molecular weight is 360 g/mol. The van der Waals surface area contributed by atoms with Crippen molar-refractivity contribution in [2.75, 3.05) is 6.61 Å². The number of nitrogens with zero attached hydrogens (tertiary/aromatic N) is 1. The Hall–Kier alpha value is -1.79. The summed E-state index contributed by atoms with van der Waals surface area (Å²) < 4.78 is 6.43. The van der Waals surface area contributed by atoms with Crippen molar-refractivity contribution in [3.05, 3.63) is 29.3 Å². The standard InChI is InChI=1S/C19H24N2O3S/c1-2-3-4-9-14(20-18(23)15-10-7-12-24-15)17(22)19-21-13-8-5-6-11-16(13)25-19/h5-6,8,11,14-15H,2-4,7,9-10,12H2,1H3,(H,20,23). The van der Waals surface area contributed by atoms with Crippen LogP contribution >= 0.6 is 11.3 Å². The van der Waals surface area contributed by atoms with E-state index in [9.17, 15) is 9.59 Å². The number of rotatable bonds is 8. The molecule has 1 aliphatic heterocycles. The summed E-state index contributed by atoms with van der Waals surface area (Å²) in [5, 5.41) is 3.38. The van der Waals surface area contributed by atoms with Gasteiger partial charge in [-0.1, -0.05) is 38.3 Å². The van der Waals surface area contributed by atoms with Crippen molar-refractivity contribution in [3.63, 3.8) is 0 Å². The van der Waals surface area contributed by atoms with E-state index in [4.69, 9.17) is 4.74 Å². The molecular weight excluding hydrogens is 336 g/mol. The van der Waals surface area contributed by atoms with Crippen LogP contribution in [0.2, 0.25) is 0 Å². The second-order valence-corrected chi connectivity index (χ2v) is 7.44. The van der Waals surface area contributed by atoms with Gasteiger partial charge in [-0.25, -0.2) is 4.98 Å². The first kappa shape index (κ1) is 18.0. The second-order valence-electron chi connectivity index (χ2n) is 6.41. The zero-order chi connectivity index (χ0) is 17.6. The molecule has 6 heteroatoms. The van der Waals surface area contributed by atoms with E-state index in [1.807, 2.05) is 24.3 Å². The molecule has 1 N–H and O–H groups in total. The fraction of sp³-hybridized carbons (Fsp3) is 0.526. The lowest BCUT2D eigenvalue weighted by atomic mass is 10.0. The molecule has 3 rings (SSSR count). The molecule has 1 aliphatic rings. The zero-order valence-corrected chi connectivity index (χ0v) is 15.3. The van der Waals surface area contributed by atoms with Crippen LogP contribution in [-0.4, -0.2) is 35.4 Å². The number of hydrogen-bond acceptors (Lipinski definition) is 5. The Balaban J connectivity index is 1.74. The number of para-hydroxylation sites is 1. The van der Waals surface area contributed by atoms with Gasteiger partial charge < -0.3 is 10.1 Å². The molecule has 2 atom stereocenters. The molecule has 0 saturated carbocycles. The van der Waals surface area contributed by atoms with Crippen LogP contribution in [0.25, 0.3) is 10.2 Å². The molecule has 134 valence electrons. The van der Waals surface area contributed by atoms with E-state index in [0.29, 0.717) is 18.0 Å². The van der Waals surface area contributed by atoms with E-state index < -0.39 is 12.1 Å². The lowest BCUT2D eigenvalue weighted by molar-refractivity contribution is -0.130. The predicted octanol–water partition coefficient (Wildman–Crippen LogP) is 3.72. The summed E-state index contributed by atoms with van der Waals surface area (Å²) in [6.45, 7) is 2.74. The van der Waals surface area contributed by atoms with E-state index in [0.717, 1.165) is 42.3 Å². The van der Waals surface area contributed by atoms with Crippen molar-refractivity contribution in [2.45, 2.75) is 57.6 Å². The second kappa shape index (κ2) is 8.54. The molecular formula is C19H24N2O3S. The summed E-state index contributed by atoms with van der Waals surface area (Å²) in [7, 11) is 0. The van der Waals surface area contributed by atoms with Gasteiger partial charge in [-0.3, -0.25) is 9.59 Å². The Bertz CT molecular complexity index is 704. The van der Waals surface area contributed by atoms with Crippen molar-refractivity contribution in [3.8, 4) is 0 Å². The molecule has 1 fully saturated rings. The summed E-state index contributed by atoms with van der Waals surface area (Å²) in [6.07, 6.45) is 4.86. The highest BCUT2D eigenvalue weighted by molar-refractivity contribution is 7.20. The van der Waals surface area contributed by atoms with Crippen molar-refractivity contribution < 1.29 is 14.3 Å². The van der Waals surface area contributed by atoms with Gasteiger partial charge in [-0.15, -0.1) is 11.3 Å². The number of ether oxygens (including phenoxy) is 1. The topological polar surface area (TPSA) is 68.3 Å². The van der Waals surface area contributed by atoms with E-state index >= 15 is 0 Å². The SMILES string of the molecule is CCCCCC(NC(=O)C1CCCO1)C(=O)c1nc2ccccc2s1. The third kappa shape index (κ3) is 4.44.